The molecule has 20 heteroatoms. The van der Waals surface area contributed by atoms with Crippen molar-refractivity contribution in [3.05, 3.63) is 144 Å². The summed E-state index contributed by atoms with van der Waals surface area (Å²) in [6, 6.07) is 22.0. The Morgan fingerprint density at radius 1 is 0.798 bits per heavy atom. The monoisotopic (exact) mass is 1240 g/mol. The molecule has 9 rings (SSSR count). The van der Waals surface area contributed by atoms with Gasteiger partial charge in [-0.15, -0.1) is 0 Å². The number of amides is 5. The number of hydrogen-bond acceptors (Lipinski definition) is 14. The van der Waals surface area contributed by atoms with Gasteiger partial charge in [-0.05, 0) is 109 Å². The number of ether oxygens (including phenoxy) is 6. The lowest BCUT2D eigenvalue weighted by Gasteiger charge is -2.44. The fourth-order valence-electron chi connectivity index (χ4n) is 11.7. The summed E-state index contributed by atoms with van der Waals surface area (Å²) in [5, 5.41) is 2.52. The maximum Gasteiger partial charge on any atom is 0.416 e. The highest BCUT2D eigenvalue weighted by molar-refractivity contribution is 6.74. The van der Waals surface area contributed by atoms with Crippen molar-refractivity contribution in [3.8, 4) is 17.2 Å². The van der Waals surface area contributed by atoms with Crippen molar-refractivity contribution in [1.82, 2.24) is 15.1 Å². The zero-order chi connectivity index (χ0) is 64.1. The fourth-order valence-corrected chi connectivity index (χ4v) is 12.9. The molecule has 5 atom stereocenters. The van der Waals surface area contributed by atoms with Crippen molar-refractivity contribution in [2.24, 2.45) is 17.3 Å². The number of esters is 1. The number of nitrogens with zero attached hydrogens (tertiary/aromatic N) is 4. The van der Waals surface area contributed by atoms with Gasteiger partial charge in [0.05, 0.1) is 79.8 Å². The Labute approximate surface area is 523 Å². The average Bonchev–Trinajstić information content (AvgIpc) is 1.58. The molecule has 4 aromatic carbocycles. The second kappa shape index (κ2) is 27.2. The van der Waals surface area contributed by atoms with Crippen molar-refractivity contribution < 1.29 is 66.4 Å². The van der Waals surface area contributed by atoms with Crippen LogP contribution in [0, 0.1) is 24.2 Å². The molecule has 19 nitrogen and oxygen atoms in total. The van der Waals surface area contributed by atoms with E-state index < -0.39 is 56.6 Å². The number of anilines is 2. The summed E-state index contributed by atoms with van der Waals surface area (Å²) >= 11 is 0. The molecule has 4 aliphatic heterocycles. The van der Waals surface area contributed by atoms with Crippen LogP contribution < -0.4 is 29.3 Å². The molecular weight excluding hydrogens is 1150 g/mol. The molecule has 2 fully saturated rings. The van der Waals surface area contributed by atoms with E-state index in [0.717, 1.165) is 24.0 Å². The van der Waals surface area contributed by atoms with Crippen LogP contribution in [0.2, 0.25) is 18.1 Å². The Morgan fingerprint density at radius 3 is 2.10 bits per heavy atom. The molecule has 89 heavy (non-hydrogen) atoms. The minimum atomic E-state index is -2.68. The third kappa shape index (κ3) is 14.6. The van der Waals surface area contributed by atoms with Crippen LogP contribution in [-0.4, -0.2) is 131 Å². The quantitative estimate of drug-likeness (QED) is 0.0228. The second-order valence-electron chi connectivity index (χ2n) is 25.9. The molecule has 5 amide bonds. The van der Waals surface area contributed by atoms with Crippen LogP contribution >= 0.6 is 0 Å². The lowest BCUT2D eigenvalue weighted by Crippen LogP contribution is -2.58. The van der Waals surface area contributed by atoms with Crippen LogP contribution in [0.3, 0.4) is 0 Å². The third-order valence-electron chi connectivity index (χ3n) is 18.1. The number of aryl methyl sites for hydroxylation is 1. The molecule has 0 bridgehead atoms. The first-order valence-corrected chi connectivity index (χ1v) is 33.7. The Morgan fingerprint density at radius 2 is 1.45 bits per heavy atom. The van der Waals surface area contributed by atoms with E-state index in [-0.39, 0.29) is 98.0 Å². The van der Waals surface area contributed by atoms with Crippen LogP contribution in [0.1, 0.15) is 123 Å². The van der Waals surface area contributed by atoms with E-state index in [2.05, 4.69) is 52.3 Å². The van der Waals surface area contributed by atoms with Gasteiger partial charge >= 0.3 is 18.2 Å². The van der Waals surface area contributed by atoms with Gasteiger partial charge in [-0.3, -0.25) is 28.9 Å². The second-order valence-corrected chi connectivity index (χ2v) is 30.6. The summed E-state index contributed by atoms with van der Waals surface area (Å²) in [6.07, 6.45) is 5.95. The molecule has 1 aliphatic carbocycles. The molecule has 4 aromatic rings. The highest BCUT2D eigenvalue weighted by atomic mass is 28.4. The zero-order valence-electron chi connectivity index (χ0n) is 53.0. The summed E-state index contributed by atoms with van der Waals surface area (Å²) in [4.78, 5) is 104. The minimum Gasteiger partial charge on any atom is -0.493 e. The van der Waals surface area contributed by atoms with Gasteiger partial charge < -0.3 is 48.0 Å². The standard InChI is InChI=1S/C69H85N5O14Si/c1-13-27-85-61(76)35-51(43(3)4)62(77)70-45(6)57(75)32-46-21-23-47(24-22-46)41-87-67(81)74-55-37-58(44(5)31-52(55)64(79)73-42-69(25-26-69)38-56(73)65(74)88-89(11,12)68(7,8)9)83-29-18-30-84-60-36-54-53(34-59(60)82-10)63(78)71-39-49(48-19-16-15-17-20-48)33-50(71)40-72(54)66(80)86-28-14-2/h13-17,19-24,31,34,36-37,39,43,45,50-51,56,65H,1-2,18,25-30,32-33,35,38,40-42H2,3-12H3,(H,70,77)/t45-,50-,51-,56-,65?/m0/s1. The maximum absolute atomic E-state index is 15.2. The first-order chi connectivity index (χ1) is 42.4. The number of carbonyl (C=O) groups excluding carboxylic acids is 7. The normalized spacial score (nSPS) is 18.9. The molecule has 5 aliphatic rings. The van der Waals surface area contributed by atoms with Gasteiger partial charge in [0, 0.05) is 37.7 Å². The number of benzene rings is 4. The molecule has 474 valence electrons. The summed E-state index contributed by atoms with van der Waals surface area (Å²) in [6.45, 7) is 25.9. The van der Waals surface area contributed by atoms with Gasteiger partial charge in [-0.1, -0.05) is 115 Å². The summed E-state index contributed by atoms with van der Waals surface area (Å²) < 4.78 is 42.9. The lowest BCUT2D eigenvalue weighted by molar-refractivity contribution is -0.146. The molecule has 1 unspecified atom stereocenters. The van der Waals surface area contributed by atoms with Crippen molar-refractivity contribution >= 4 is 66.9 Å². The summed E-state index contributed by atoms with van der Waals surface area (Å²) in [5.74, 6) is -1.49. The topological polar surface area (TPSA) is 209 Å². The fraction of sp³-hybridized carbons (Fsp3) is 0.464. The molecular formula is C69H85N5O14Si. The van der Waals surface area contributed by atoms with E-state index in [0.29, 0.717) is 76.7 Å². The molecule has 1 saturated heterocycles. The number of rotatable bonds is 24. The number of methoxy groups -OCH3 is 1. The molecule has 4 heterocycles. The van der Waals surface area contributed by atoms with Crippen molar-refractivity contribution in [3.63, 3.8) is 0 Å². The predicted octanol–water partition coefficient (Wildman–Crippen LogP) is 11.8. The Bertz CT molecular complexity index is 3390. The average molecular weight is 1240 g/mol. The lowest BCUT2D eigenvalue weighted by atomic mass is 9.91. The van der Waals surface area contributed by atoms with E-state index in [1.165, 1.54) is 29.1 Å². The minimum absolute atomic E-state index is 0.0208. The van der Waals surface area contributed by atoms with Gasteiger partial charge in [0.2, 0.25) is 5.91 Å². The molecule has 1 N–H and O–H groups in total. The number of hydrogen-bond donors (Lipinski definition) is 1. The number of Topliss-reactive ketones (excluding diaryl/α,β-unsaturated/α-hetero) is 1. The smallest absolute Gasteiger partial charge is 0.416 e. The number of nitrogens with one attached hydrogen (secondary N) is 1. The number of fused-ring (bicyclic) bond motifs is 4. The van der Waals surface area contributed by atoms with Gasteiger partial charge in [0.1, 0.15) is 25.6 Å². The van der Waals surface area contributed by atoms with Crippen LogP contribution in [0.15, 0.2) is 110 Å². The van der Waals surface area contributed by atoms with Crippen LogP contribution in [-0.2, 0) is 46.0 Å². The van der Waals surface area contributed by atoms with Gasteiger partial charge in [0.25, 0.3) is 11.8 Å². The summed E-state index contributed by atoms with van der Waals surface area (Å²) in [5.41, 5.74) is 5.12. The number of ketones is 1. The number of carbonyl (C=O) groups is 7. The van der Waals surface area contributed by atoms with E-state index in [9.17, 15) is 24.0 Å². The SMILES string of the molecule is C=CCOC(=O)C[C@H](C(=O)N[C@@H](C)C(=O)Cc1ccc(COC(=O)N2c3cc(OCCCOc4cc5c(cc4OC)C(=O)N4C=C(c6ccccc6)C[C@H]4CN5C(=O)OCC=C)c(C)cc3C(=O)N3CC4(CC4)C[C@H]3C2O[Si](C)(C)C(C)(C)C)cc1)C(C)C. The maximum atomic E-state index is 15.2. The predicted molar refractivity (Wildman–Crippen MR) is 340 cm³/mol. The van der Waals surface area contributed by atoms with E-state index in [1.54, 1.807) is 60.4 Å². The largest absolute Gasteiger partial charge is 0.493 e. The van der Waals surface area contributed by atoms with E-state index in [4.69, 9.17) is 32.8 Å². The van der Waals surface area contributed by atoms with Crippen LogP contribution in [0.25, 0.3) is 5.57 Å². The third-order valence-corrected chi connectivity index (χ3v) is 22.6. The zero-order valence-corrected chi connectivity index (χ0v) is 54.0. The van der Waals surface area contributed by atoms with Gasteiger partial charge in [-0.2, -0.15) is 0 Å². The molecule has 1 saturated carbocycles. The van der Waals surface area contributed by atoms with Gasteiger partial charge in [0.15, 0.2) is 31.8 Å². The highest BCUT2D eigenvalue weighted by Gasteiger charge is 2.60. The first kappa shape index (κ1) is 65.2. The van der Waals surface area contributed by atoms with Crippen molar-refractivity contribution in [2.45, 2.75) is 143 Å². The summed E-state index contributed by atoms with van der Waals surface area (Å²) in [7, 11) is -1.20. The van der Waals surface area contributed by atoms with E-state index >= 15 is 9.59 Å². The van der Waals surface area contributed by atoms with E-state index in [1.807, 2.05) is 62.2 Å². The van der Waals surface area contributed by atoms with Gasteiger partial charge in [-0.25, -0.2) is 14.5 Å². The Kier molecular flexibility index (Phi) is 20.0. The molecule has 1 spiro atoms. The van der Waals surface area contributed by atoms with Crippen molar-refractivity contribution in [2.75, 3.05) is 56.4 Å². The highest BCUT2D eigenvalue weighted by Crippen LogP contribution is 2.58. The van der Waals surface area contributed by atoms with Crippen LogP contribution in [0.5, 0.6) is 17.2 Å². The first-order valence-electron chi connectivity index (χ1n) is 30.7. The Hall–Kier alpha value is -8.23. The molecule has 0 radical (unpaired) electrons. The molecule has 0 aromatic heterocycles. The van der Waals surface area contributed by atoms with Crippen molar-refractivity contribution in [1.29, 1.82) is 0 Å². The Balaban J connectivity index is 0.922. The van der Waals surface area contributed by atoms with Crippen LogP contribution in [0.4, 0.5) is 21.0 Å².